The molecule has 0 bridgehead atoms. The Kier molecular flexibility index (Phi) is 8.33. The van der Waals surface area contributed by atoms with Crippen molar-refractivity contribution in [3.8, 4) is 11.1 Å². The van der Waals surface area contributed by atoms with Crippen LogP contribution in [0.2, 0.25) is 0 Å². The molecule has 1 aliphatic heterocycles. The van der Waals surface area contributed by atoms with E-state index in [-0.39, 0.29) is 43.0 Å². The fourth-order valence-corrected chi connectivity index (χ4v) is 6.85. The third-order valence-electron chi connectivity index (χ3n) is 8.11. The first kappa shape index (κ1) is 29.0. The van der Waals surface area contributed by atoms with Gasteiger partial charge < -0.3 is 19.3 Å². The van der Waals surface area contributed by atoms with E-state index in [1.807, 2.05) is 74.0 Å². The molecule has 0 saturated carbocycles. The Labute approximate surface area is 241 Å². The van der Waals surface area contributed by atoms with Crippen LogP contribution < -0.4 is 0 Å². The smallest absolute Gasteiger partial charge is 0.271 e. The minimum Gasteiger partial charge on any atom is -0.394 e. The van der Waals surface area contributed by atoms with Gasteiger partial charge in [0.2, 0.25) is 10.0 Å². The van der Waals surface area contributed by atoms with Crippen molar-refractivity contribution in [1.29, 1.82) is 0 Å². The molecule has 0 spiro atoms. The lowest BCUT2D eigenvalue weighted by molar-refractivity contribution is -0.0147. The molecule has 0 aliphatic carbocycles. The van der Waals surface area contributed by atoms with Crippen LogP contribution in [0.3, 0.4) is 0 Å². The summed E-state index contributed by atoms with van der Waals surface area (Å²) >= 11 is 0. The fraction of sp³-hybridized carbons (Fsp3) is 0.344. The summed E-state index contributed by atoms with van der Waals surface area (Å²) in [6.45, 7) is 4.21. The van der Waals surface area contributed by atoms with Gasteiger partial charge in [-0.05, 0) is 36.2 Å². The lowest BCUT2D eigenvalue weighted by atomic mass is 9.96. The van der Waals surface area contributed by atoms with Crippen molar-refractivity contribution in [2.75, 3.05) is 26.7 Å². The number of para-hydroxylation sites is 1. The van der Waals surface area contributed by atoms with Gasteiger partial charge in [-0.1, -0.05) is 67.6 Å². The molecular weight excluding hydrogens is 538 g/mol. The Balaban J connectivity index is 1.61. The second-order valence-corrected chi connectivity index (χ2v) is 12.9. The topological polar surface area (TPSA) is 92.1 Å². The number of rotatable bonds is 6. The zero-order chi connectivity index (χ0) is 29.3. The molecule has 2 heterocycles. The molecule has 1 amide bonds. The summed E-state index contributed by atoms with van der Waals surface area (Å²) in [4.78, 5) is 16.3. The molecular formula is C32H37N3O5S. The molecule has 3 aromatic carbocycles. The number of benzene rings is 3. The van der Waals surface area contributed by atoms with Crippen LogP contribution in [0.4, 0.5) is 0 Å². The van der Waals surface area contributed by atoms with E-state index < -0.39 is 22.2 Å². The Hall–Kier alpha value is -3.50. The molecule has 1 N–H and O–H groups in total. The van der Waals surface area contributed by atoms with Crippen LogP contribution in [0, 0.1) is 5.92 Å². The number of sulfonamides is 1. The maximum absolute atomic E-state index is 14.4. The summed E-state index contributed by atoms with van der Waals surface area (Å²) in [5, 5.41) is 11.1. The molecule has 3 atom stereocenters. The number of aryl methyl sites for hydroxylation is 1. The summed E-state index contributed by atoms with van der Waals surface area (Å²) in [5.74, 6) is -0.433. The Morgan fingerprint density at radius 1 is 1.02 bits per heavy atom. The number of carbonyl (C=O) groups is 1. The van der Waals surface area contributed by atoms with Crippen molar-refractivity contribution >= 4 is 26.8 Å². The molecule has 0 saturated heterocycles. The Morgan fingerprint density at radius 3 is 2.41 bits per heavy atom. The van der Waals surface area contributed by atoms with Gasteiger partial charge in [0.05, 0.1) is 30.3 Å². The highest BCUT2D eigenvalue weighted by atomic mass is 32.2. The minimum absolute atomic E-state index is 0.103. The van der Waals surface area contributed by atoms with Gasteiger partial charge in [-0.15, -0.1) is 0 Å². The average molecular weight is 576 g/mol. The van der Waals surface area contributed by atoms with Gasteiger partial charge in [0.1, 0.15) is 5.69 Å². The lowest BCUT2D eigenvalue weighted by Gasteiger charge is -2.35. The van der Waals surface area contributed by atoms with Crippen LogP contribution in [-0.2, 0) is 28.4 Å². The third kappa shape index (κ3) is 5.42. The van der Waals surface area contributed by atoms with Crippen molar-refractivity contribution < 1.29 is 23.1 Å². The SMILES string of the molecule is C[C@@H]1CN([C@@H](C)CO)C(=O)c2c(c3ccccc3n2C)-c2ccccc2CO[C@@H]1CN(C)S(=O)(=O)c1ccccc1. The maximum Gasteiger partial charge on any atom is 0.271 e. The van der Waals surface area contributed by atoms with Crippen LogP contribution in [0.5, 0.6) is 0 Å². The van der Waals surface area contributed by atoms with E-state index in [1.165, 1.54) is 4.31 Å². The predicted molar refractivity (Wildman–Crippen MR) is 160 cm³/mol. The maximum atomic E-state index is 14.4. The molecule has 0 fully saturated rings. The molecule has 9 heteroatoms. The third-order valence-corrected chi connectivity index (χ3v) is 9.95. The zero-order valence-corrected chi connectivity index (χ0v) is 24.7. The molecule has 216 valence electrons. The van der Waals surface area contributed by atoms with Crippen molar-refractivity contribution in [2.45, 2.75) is 37.5 Å². The second-order valence-electron chi connectivity index (χ2n) is 10.9. The number of carbonyl (C=O) groups excluding carboxylic acids is 1. The van der Waals surface area contributed by atoms with E-state index in [0.29, 0.717) is 5.69 Å². The van der Waals surface area contributed by atoms with Gasteiger partial charge in [0.15, 0.2) is 0 Å². The number of hydrogen-bond acceptors (Lipinski definition) is 5. The summed E-state index contributed by atoms with van der Waals surface area (Å²) in [5.41, 5.74) is 4.12. The monoisotopic (exact) mass is 575 g/mol. The van der Waals surface area contributed by atoms with E-state index in [9.17, 15) is 18.3 Å². The Morgan fingerprint density at radius 2 is 1.68 bits per heavy atom. The Bertz CT molecular complexity index is 1650. The molecule has 4 aromatic rings. The molecule has 0 radical (unpaired) electrons. The van der Waals surface area contributed by atoms with Crippen molar-refractivity contribution in [2.24, 2.45) is 13.0 Å². The quantitative estimate of drug-likeness (QED) is 0.365. The first-order chi connectivity index (χ1) is 19.6. The van der Waals surface area contributed by atoms with Gasteiger partial charge in [-0.3, -0.25) is 4.79 Å². The number of ether oxygens (including phenoxy) is 1. The van der Waals surface area contributed by atoms with E-state index >= 15 is 0 Å². The van der Waals surface area contributed by atoms with Crippen molar-refractivity contribution in [3.05, 3.63) is 90.1 Å². The minimum atomic E-state index is -3.75. The van der Waals surface area contributed by atoms with Gasteiger partial charge in [-0.25, -0.2) is 8.42 Å². The number of amides is 1. The zero-order valence-electron chi connectivity index (χ0n) is 23.9. The average Bonchev–Trinajstić information content (AvgIpc) is 3.28. The number of likely N-dealkylation sites (N-methyl/N-ethyl adjacent to an activating group) is 1. The molecule has 1 aromatic heterocycles. The largest absolute Gasteiger partial charge is 0.394 e. The van der Waals surface area contributed by atoms with E-state index in [4.69, 9.17) is 4.74 Å². The summed E-state index contributed by atoms with van der Waals surface area (Å²) in [7, 11) is -0.295. The first-order valence-electron chi connectivity index (χ1n) is 13.9. The molecule has 8 nitrogen and oxygen atoms in total. The number of fused-ring (bicyclic) bond motifs is 5. The molecule has 1 aliphatic rings. The summed E-state index contributed by atoms with van der Waals surface area (Å²) in [6.07, 6.45) is -0.523. The van der Waals surface area contributed by atoms with E-state index in [0.717, 1.165) is 27.6 Å². The van der Waals surface area contributed by atoms with Gasteiger partial charge in [0.25, 0.3) is 5.91 Å². The van der Waals surface area contributed by atoms with Crippen molar-refractivity contribution in [3.63, 3.8) is 0 Å². The molecule has 5 rings (SSSR count). The van der Waals surface area contributed by atoms with Crippen LogP contribution >= 0.6 is 0 Å². The van der Waals surface area contributed by atoms with Crippen LogP contribution in [0.1, 0.15) is 29.9 Å². The van der Waals surface area contributed by atoms with E-state index in [1.54, 1.807) is 42.3 Å². The summed E-state index contributed by atoms with van der Waals surface area (Å²) < 4.78 is 36.5. The predicted octanol–water partition coefficient (Wildman–Crippen LogP) is 4.52. The fourth-order valence-electron chi connectivity index (χ4n) is 5.65. The normalized spacial score (nSPS) is 19.1. The number of aliphatic hydroxyl groups excluding tert-OH is 1. The molecule has 0 unspecified atom stereocenters. The van der Waals surface area contributed by atoms with E-state index in [2.05, 4.69) is 0 Å². The van der Waals surface area contributed by atoms with Crippen LogP contribution in [0.15, 0.2) is 83.8 Å². The van der Waals surface area contributed by atoms with Gasteiger partial charge >= 0.3 is 0 Å². The highest BCUT2D eigenvalue weighted by Gasteiger charge is 2.34. The highest BCUT2D eigenvalue weighted by Crippen LogP contribution is 2.38. The number of aliphatic hydroxyl groups is 1. The number of aromatic nitrogens is 1. The van der Waals surface area contributed by atoms with Gasteiger partial charge in [-0.2, -0.15) is 4.31 Å². The standard InChI is InChI=1S/C32H37N3O5S/c1-22-18-35(23(2)20-36)32(37)31-30(27-16-10-11-17-28(27)34(31)4)26-15-9-8-12-24(26)21-40-29(22)19-33(3)41(38,39)25-13-6-5-7-14-25/h5-17,22-23,29,36H,18-21H2,1-4H3/t22-,23+,29-/m1/s1. The second kappa shape index (κ2) is 11.8. The van der Waals surface area contributed by atoms with Crippen LogP contribution in [0.25, 0.3) is 22.0 Å². The van der Waals surface area contributed by atoms with Crippen molar-refractivity contribution in [1.82, 2.24) is 13.8 Å². The summed E-state index contributed by atoms with van der Waals surface area (Å²) in [6, 6.07) is 23.7. The number of nitrogens with zero attached hydrogens (tertiary/aromatic N) is 3. The lowest BCUT2D eigenvalue weighted by Crippen LogP contribution is -2.48. The first-order valence-corrected chi connectivity index (χ1v) is 15.3. The molecule has 41 heavy (non-hydrogen) atoms. The van der Waals surface area contributed by atoms with Crippen LogP contribution in [-0.4, -0.2) is 72.1 Å². The van der Waals surface area contributed by atoms with Gasteiger partial charge in [0, 0.05) is 49.6 Å². The number of hydrogen-bond donors (Lipinski definition) is 1. The highest BCUT2D eigenvalue weighted by molar-refractivity contribution is 7.89.